The summed E-state index contributed by atoms with van der Waals surface area (Å²) < 4.78 is 5.60. The van der Waals surface area contributed by atoms with Gasteiger partial charge in [-0.15, -0.1) is 0 Å². The van der Waals surface area contributed by atoms with Crippen molar-refractivity contribution in [1.29, 1.82) is 0 Å². The third kappa shape index (κ3) is 3.39. The van der Waals surface area contributed by atoms with E-state index in [0.717, 1.165) is 31.4 Å². The van der Waals surface area contributed by atoms with E-state index in [4.69, 9.17) is 22.2 Å². The lowest BCUT2D eigenvalue weighted by molar-refractivity contribution is 0.0996. The number of halogens is 1. The molecule has 0 aromatic carbocycles. The number of rotatable bonds is 5. The minimum absolute atomic E-state index is 0.0645. The van der Waals surface area contributed by atoms with Gasteiger partial charge in [0.15, 0.2) is 0 Å². The van der Waals surface area contributed by atoms with E-state index >= 15 is 0 Å². The number of pyridine rings is 1. The lowest BCUT2D eigenvalue weighted by atomic mass is 10.0. The van der Waals surface area contributed by atoms with Crippen LogP contribution in [-0.2, 0) is 4.74 Å². The maximum absolute atomic E-state index is 6.10. The van der Waals surface area contributed by atoms with Crippen LogP contribution in [0.5, 0.6) is 0 Å². The van der Waals surface area contributed by atoms with Gasteiger partial charge >= 0.3 is 0 Å². The number of nitrogens with two attached hydrogens (primary N) is 1. The van der Waals surface area contributed by atoms with Crippen LogP contribution in [-0.4, -0.2) is 17.7 Å². The van der Waals surface area contributed by atoms with Crippen LogP contribution >= 0.6 is 11.6 Å². The van der Waals surface area contributed by atoms with Crippen LogP contribution in [0.25, 0.3) is 0 Å². The van der Waals surface area contributed by atoms with Gasteiger partial charge in [-0.1, -0.05) is 11.6 Å². The standard InChI is InChI=1S/C12H18ClN3O/c13-11-8-15-6-5-10(11)12(16-14)4-3-9-2-1-7-17-9/h5-6,8-9,12,16H,1-4,7,14H2. The van der Waals surface area contributed by atoms with Crippen molar-refractivity contribution in [3.63, 3.8) is 0 Å². The Balaban J connectivity index is 1.94. The third-order valence-electron chi connectivity index (χ3n) is 3.18. The lowest BCUT2D eigenvalue weighted by Crippen LogP contribution is -2.29. The zero-order chi connectivity index (χ0) is 12.1. The van der Waals surface area contributed by atoms with Gasteiger partial charge in [-0.3, -0.25) is 16.3 Å². The Morgan fingerprint density at radius 1 is 1.65 bits per heavy atom. The number of nitrogens with zero attached hydrogens (tertiary/aromatic N) is 1. The molecule has 1 fully saturated rings. The number of nitrogens with one attached hydrogen (secondary N) is 1. The molecule has 2 heterocycles. The topological polar surface area (TPSA) is 60.2 Å². The Bertz CT molecular complexity index is 355. The number of hydrogen-bond acceptors (Lipinski definition) is 4. The minimum Gasteiger partial charge on any atom is -0.378 e. The van der Waals surface area contributed by atoms with E-state index in [2.05, 4.69) is 10.4 Å². The lowest BCUT2D eigenvalue weighted by Gasteiger charge is -2.19. The van der Waals surface area contributed by atoms with Crippen LogP contribution in [0.4, 0.5) is 0 Å². The molecule has 2 unspecified atom stereocenters. The molecule has 2 rings (SSSR count). The van der Waals surface area contributed by atoms with E-state index in [0.29, 0.717) is 11.1 Å². The summed E-state index contributed by atoms with van der Waals surface area (Å²) in [5, 5.41) is 0.655. The van der Waals surface area contributed by atoms with Gasteiger partial charge in [-0.2, -0.15) is 0 Å². The molecule has 2 atom stereocenters. The van der Waals surface area contributed by atoms with E-state index in [1.807, 2.05) is 6.07 Å². The van der Waals surface area contributed by atoms with E-state index in [1.165, 1.54) is 6.42 Å². The number of ether oxygens (including phenoxy) is 1. The monoisotopic (exact) mass is 255 g/mol. The van der Waals surface area contributed by atoms with E-state index < -0.39 is 0 Å². The smallest absolute Gasteiger partial charge is 0.0637 e. The van der Waals surface area contributed by atoms with Gasteiger partial charge in [-0.05, 0) is 37.3 Å². The highest BCUT2D eigenvalue weighted by atomic mass is 35.5. The van der Waals surface area contributed by atoms with Gasteiger partial charge in [0.2, 0.25) is 0 Å². The van der Waals surface area contributed by atoms with Gasteiger partial charge in [0.05, 0.1) is 11.1 Å². The molecule has 1 aliphatic heterocycles. The molecule has 1 saturated heterocycles. The highest BCUT2D eigenvalue weighted by Gasteiger charge is 2.19. The summed E-state index contributed by atoms with van der Waals surface area (Å²) in [7, 11) is 0. The van der Waals surface area contributed by atoms with E-state index in [-0.39, 0.29) is 6.04 Å². The molecule has 0 radical (unpaired) electrons. The summed E-state index contributed by atoms with van der Waals surface area (Å²) in [5.74, 6) is 5.59. The van der Waals surface area contributed by atoms with Crippen molar-refractivity contribution in [1.82, 2.24) is 10.4 Å². The summed E-state index contributed by atoms with van der Waals surface area (Å²) in [6.07, 6.45) is 8.01. The van der Waals surface area contributed by atoms with Crippen LogP contribution < -0.4 is 11.3 Å². The van der Waals surface area contributed by atoms with Gasteiger partial charge in [0, 0.05) is 25.0 Å². The van der Waals surface area contributed by atoms with Crippen molar-refractivity contribution >= 4 is 11.6 Å². The predicted octanol–water partition coefficient (Wildman–Crippen LogP) is 2.20. The fourth-order valence-electron chi connectivity index (χ4n) is 2.22. The Hall–Kier alpha value is -0.680. The van der Waals surface area contributed by atoms with Crippen LogP contribution in [0.2, 0.25) is 5.02 Å². The summed E-state index contributed by atoms with van der Waals surface area (Å²) in [4.78, 5) is 3.97. The molecule has 4 nitrogen and oxygen atoms in total. The molecular weight excluding hydrogens is 238 g/mol. The van der Waals surface area contributed by atoms with Crippen LogP contribution in [0.1, 0.15) is 37.3 Å². The van der Waals surface area contributed by atoms with Gasteiger partial charge in [0.1, 0.15) is 0 Å². The Morgan fingerprint density at radius 3 is 3.18 bits per heavy atom. The second-order valence-corrected chi connectivity index (χ2v) is 4.74. The van der Waals surface area contributed by atoms with E-state index in [1.54, 1.807) is 12.4 Å². The van der Waals surface area contributed by atoms with Crippen molar-refractivity contribution in [3.05, 3.63) is 29.0 Å². The van der Waals surface area contributed by atoms with Crippen LogP contribution in [0.15, 0.2) is 18.5 Å². The van der Waals surface area contributed by atoms with Crippen molar-refractivity contribution in [3.8, 4) is 0 Å². The fourth-order valence-corrected chi connectivity index (χ4v) is 2.47. The van der Waals surface area contributed by atoms with Crippen LogP contribution in [0, 0.1) is 0 Å². The summed E-state index contributed by atoms with van der Waals surface area (Å²) >= 11 is 6.10. The first-order chi connectivity index (χ1) is 8.31. The van der Waals surface area contributed by atoms with Gasteiger partial charge in [-0.25, -0.2) is 0 Å². The largest absolute Gasteiger partial charge is 0.378 e. The average molecular weight is 256 g/mol. The zero-order valence-corrected chi connectivity index (χ0v) is 10.5. The number of hydrogen-bond donors (Lipinski definition) is 2. The molecule has 0 saturated carbocycles. The fraction of sp³-hybridized carbons (Fsp3) is 0.583. The molecule has 0 amide bonds. The first kappa shape index (κ1) is 12.8. The first-order valence-electron chi connectivity index (χ1n) is 5.98. The van der Waals surface area contributed by atoms with Gasteiger partial charge in [0.25, 0.3) is 0 Å². The second-order valence-electron chi connectivity index (χ2n) is 4.33. The van der Waals surface area contributed by atoms with E-state index in [9.17, 15) is 0 Å². The molecule has 0 bridgehead atoms. The highest BCUT2D eigenvalue weighted by Crippen LogP contribution is 2.27. The molecule has 1 aromatic rings. The SMILES string of the molecule is NNC(CCC1CCCO1)c1ccncc1Cl. The van der Waals surface area contributed by atoms with Crippen molar-refractivity contribution < 1.29 is 4.74 Å². The molecule has 94 valence electrons. The molecule has 17 heavy (non-hydrogen) atoms. The summed E-state index contributed by atoms with van der Waals surface area (Å²) in [6, 6.07) is 1.97. The predicted molar refractivity (Wildman–Crippen MR) is 67.5 cm³/mol. The first-order valence-corrected chi connectivity index (χ1v) is 6.36. The molecule has 1 aromatic heterocycles. The highest BCUT2D eigenvalue weighted by molar-refractivity contribution is 6.31. The average Bonchev–Trinajstić information content (AvgIpc) is 2.85. The molecule has 5 heteroatoms. The van der Waals surface area contributed by atoms with Crippen LogP contribution in [0.3, 0.4) is 0 Å². The normalized spacial score (nSPS) is 21.6. The molecular formula is C12H18ClN3O. The summed E-state index contributed by atoms with van der Waals surface area (Å²) in [5.41, 5.74) is 3.82. The Kier molecular flexibility index (Phi) is 4.74. The maximum atomic E-state index is 6.10. The Labute approximate surface area is 106 Å². The molecule has 1 aliphatic rings. The minimum atomic E-state index is 0.0645. The third-order valence-corrected chi connectivity index (χ3v) is 3.50. The molecule has 0 spiro atoms. The number of aromatic nitrogens is 1. The molecule has 3 N–H and O–H groups in total. The van der Waals surface area contributed by atoms with Crippen molar-refractivity contribution in [2.45, 2.75) is 37.8 Å². The van der Waals surface area contributed by atoms with Crippen molar-refractivity contribution in [2.75, 3.05) is 6.61 Å². The second kappa shape index (κ2) is 6.31. The van der Waals surface area contributed by atoms with Crippen molar-refractivity contribution in [2.24, 2.45) is 5.84 Å². The quantitative estimate of drug-likeness (QED) is 0.626. The zero-order valence-electron chi connectivity index (χ0n) is 9.73. The van der Waals surface area contributed by atoms with Gasteiger partial charge < -0.3 is 4.74 Å². The molecule has 0 aliphatic carbocycles. The Morgan fingerprint density at radius 2 is 2.53 bits per heavy atom. The number of hydrazine groups is 1. The summed E-state index contributed by atoms with van der Waals surface area (Å²) in [6.45, 7) is 0.890. The maximum Gasteiger partial charge on any atom is 0.0637 e.